The first kappa shape index (κ1) is 34.4. The number of nitrogens with zero attached hydrogens (tertiary/aromatic N) is 1. The fourth-order valence-electron chi connectivity index (χ4n) is 6.57. The van der Waals surface area contributed by atoms with Crippen molar-refractivity contribution in [3.63, 3.8) is 0 Å². The van der Waals surface area contributed by atoms with Gasteiger partial charge in [-0.3, -0.25) is 19.3 Å². The van der Waals surface area contributed by atoms with E-state index >= 15 is 0 Å². The number of fused-ring (bicyclic) bond motifs is 1. The van der Waals surface area contributed by atoms with Crippen molar-refractivity contribution in [1.29, 1.82) is 0 Å². The molecule has 2 N–H and O–H groups in total. The smallest absolute Gasteiger partial charge is 0.261 e. The zero-order chi connectivity index (χ0) is 35.5. The number of hydrogen-bond donors (Lipinski definition) is 2. The fraction of sp³-hybridized carbons (Fsp3) is 0.214. The Balaban J connectivity index is 1.08. The predicted octanol–water partition coefficient (Wildman–Crippen LogP) is 8.18. The number of aliphatic hydroxyl groups excluding tert-OH is 1. The average Bonchev–Trinajstić information content (AvgIpc) is 3.39. The predicted molar refractivity (Wildman–Crippen MR) is 197 cm³/mol. The molecule has 0 aliphatic carbocycles. The molecule has 2 aliphatic rings. The summed E-state index contributed by atoms with van der Waals surface area (Å²) in [4.78, 5) is 39.7. The van der Waals surface area contributed by atoms with Crippen LogP contribution < -0.4 is 5.32 Å². The lowest BCUT2D eigenvalue weighted by Gasteiger charge is -2.41. The van der Waals surface area contributed by atoms with E-state index in [1.807, 2.05) is 97.1 Å². The molecule has 0 aromatic heterocycles. The minimum atomic E-state index is -0.606. The van der Waals surface area contributed by atoms with E-state index in [9.17, 15) is 19.5 Å². The van der Waals surface area contributed by atoms with E-state index in [0.717, 1.165) is 44.0 Å². The molecule has 0 spiro atoms. The maximum Gasteiger partial charge on any atom is 0.261 e. The third-order valence-corrected chi connectivity index (χ3v) is 10.5. The van der Waals surface area contributed by atoms with Gasteiger partial charge in [0.15, 0.2) is 6.29 Å². The Kier molecular flexibility index (Phi) is 10.1. The number of ether oxygens (including phenoxy) is 2. The Morgan fingerprint density at radius 3 is 2.08 bits per heavy atom. The number of carbonyl (C=O) groups is 3. The number of thioether (sulfide) groups is 1. The fourth-order valence-corrected chi connectivity index (χ4v) is 7.64. The van der Waals surface area contributed by atoms with Crippen LogP contribution in [0, 0.1) is 5.92 Å². The highest BCUT2D eigenvalue weighted by Crippen LogP contribution is 2.43. The highest BCUT2D eigenvalue weighted by Gasteiger charge is 2.38. The molecular formula is C42H38N2O6S. The summed E-state index contributed by atoms with van der Waals surface area (Å²) in [5.74, 6) is 0.0864. The number of amides is 3. The molecule has 0 saturated carbocycles. The lowest BCUT2D eigenvalue weighted by Crippen LogP contribution is -2.38. The summed E-state index contributed by atoms with van der Waals surface area (Å²) >= 11 is 1.70. The quantitative estimate of drug-likeness (QED) is 0.112. The van der Waals surface area contributed by atoms with Gasteiger partial charge in [-0.15, -0.1) is 11.8 Å². The molecule has 1 fully saturated rings. The molecule has 0 bridgehead atoms. The third-order valence-electron chi connectivity index (χ3n) is 9.37. The molecule has 9 heteroatoms. The molecule has 4 atom stereocenters. The van der Waals surface area contributed by atoms with Gasteiger partial charge in [-0.05, 0) is 70.3 Å². The molecular weight excluding hydrogens is 661 g/mol. The summed E-state index contributed by atoms with van der Waals surface area (Å²) in [5.41, 5.74) is 7.21. The summed E-state index contributed by atoms with van der Waals surface area (Å²) in [6.45, 7) is 3.81. The normalized spacial score (nSPS) is 19.9. The van der Waals surface area contributed by atoms with Crippen molar-refractivity contribution in [1.82, 2.24) is 4.90 Å². The van der Waals surface area contributed by atoms with E-state index in [1.54, 1.807) is 36.0 Å². The van der Waals surface area contributed by atoms with Gasteiger partial charge in [0.05, 0.1) is 36.5 Å². The molecule has 3 amide bonds. The van der Waals surface area contributed by atoms with Crippen LogP contribution in [-0.2, 0) is 27.4 Å². The number of anilines is 1. The Morgan fingerprint density at radius 2 is 1.43 bits per heavy atom. The average molecular weight is 699 g/mol. The van der Waals surface area contributed by atoms with E-state index in [0.29, 0.717) is 16.9 Å². The zero-order valence-corrected chi connectivity index (χ0v) is 29.1. The third kappa shape index (κ3) is 7.52. The highest BCUT2D eigenvalue weighted by molar-refractivity contribution is 7.99. The van der Waals surface area contributed by atoms with Gasteiger partial charge >= 0.3 is 0 Å². The van der Waals surface area contributed by atoms with Crippen molar-refractivity contribution < 1.29 is 29.0 Å². The maximum atomic E-state index is 13.0. The van der Waals surface area contributed by atoms with Gasteiger partial charge in [0.2, 0.25) is 5.91 Å². The van der Waals surface area contributed by atoms with Gasteiger partial charge in [0.1, 0.15) is 0 Å². The summed E-state index contributed by atoms with van der Waals surface area (Å²) in [6, 6.07) is 38.6. The Labute approximate surface area is 301 Å². The van der Waals surface area contributed by atoms with Crippen LogP contribution in [0.25, 0.3) is 11.1 Å². The van der Waals surface area contributed by atoms with Crippen LogP contribution in [0.15, 0.2) is 126 Å². The molecule has 2 heterocycles. The van der Waals surface area contributed by atoms with E-state index in [1.165, 1.54) is 11.8 Å². The van der Waals surface area contributed by atoms with Crippen LogP contribution in [-0.4, -0.2) is 39.6 Å². The molecule has 7 rings (SSSR count). The number of hydrogen-bond acceptors (Lipinski definition) is 7. The lowest BCUT2D eigenvalue weighted by molar-refractivity contribution is -0.268. The Bertz CT molecular complexity index is 2010. The van der Waals surface area contributed by atoms with Crippen molar-refractivity contribution in [2.75, 3.05) is 11.1 Å². The standard InChI is InChI=1S/C42H38N2O6S/c1-26-38(25-51-35-20-18-34(19-21-35)43-27(2)46)49-42(50-39(26)31-12-10-28(24-45)11-13-31)32-16-14-30(15-17-32)33-7-5-6-29(22-33)23-44-40(47)36-8-3-4-9-37(36)41(44)48/h3-22,26,38-39,42,45H,23-25H2,1-2H3,(H,43,46)/t26-,38+,39+,42+/m0/s1. The first-order chi connectivity index (χ1) is 24.8. The SMILES string of the molecule is CC(=O)Nc1ccc(SC[C@H]2O[C@@H](c3ccc(-c4cccc(CN5C(=O)c6ccccc6C5=O)c4)cc3)O[C@@H](c3ccc(CO)cc3)[C@H]2C)cc1. The molecule has 8 nitrogen and oxygen atoms in total. The topological polar surface area (TPSA) is 105 Å². The van der Waals surface area contributed by atoms with E-state index < -0.39 is 6.29 Å². The van der Waals surface area contributed by atoms with Crippen LogP contribution in [0.5, 0.6) is 0 Å². The molecule has 0 unspecified atom stereocenters. The summed E-state index contributed by atoms with van der Waals surface area (Å²) in [5, 5.41) is 12.4. The van der Waals surface area contributed by atoms with Gasteiger partial charge in [0.25, 0.3) is 11.8 Å². The zero-order valence-electron chi connectivity index (χ0n) is 28.3. The number of nitrogens with one attached hydrogen (secondary N) is 1. The van der Waals surface area contributed by atoms with Crippen molar-refractivity contribution in [3.05, 3.63) is 155 Å². The molecule has 1 saturated heterocycles. The monoisotopic (exact) mass is 698 g/mol. The van der Waals surface area contributed by atoms with Crippen molar-refractivity contribution in [3.8, 4) is 11.1 Å². The van der Waals surface area contributed by atoms with Crippen molar-refractivity contribution >= 4 is 35.2 Å². The summed E-state index contributed by atoms with van der Waals surface area (Å²) in [7, 11) is 0. The van der Waals surface area contributed by atoms with Gasteiger partial charge < -0.3 is 19.9 Å². The number of benzene rings is 5. The second-order valence-corrected chi connectivity index (χ2v) is 14.0. The number of imide groups is 1. The highest BCUT2D eigenvalue weighted by atomic mass is 32.2. The molecule has 5 aromatic rings. The second-order valence-electron chi connectivity index (χ2n) is 12.9. The first-order valence-corrected chi connectivity index (χ1v) is 17.9. The van der Waals surface area contributed by atoms with Gasteiger partial charge in [-0.2, -0.15) is 0 Å². The van der Waals surface area contributed by atoms with E-state index in [4.69, 9.17) is 9.47 Å². The second kappa shape index (κ2) is 15.0. The number of rotatable bonds is 10. The minimum absolute atomic E-state index is 0.0227. The molecule has 258 valence electrons. The Morgan fingerprint density at radius 1 is 0.765 bits per heavy atom. The van der Waals surface area contributed by atoms with Gasteiger partial charge in [-0.25, -0.2) is 0 Å². The van der Waals surface area contributed by atoms with Crippen LogP contribution in [0.1, 0.15) is 69.2 Å². The minimum Gasteiger partial charge on any atom is -0.392 e. The maximum absolute atomic E-state index is 13.0. The van der Waals surface area contributed by atoms with Crippen molar-refractivity contribution in [2.24, 2.45) is 5.92 Å². The Hall–Kier alpha value is -5.06. The van der Waals surface area contributed by atoms with Crippen molar-refractivity contribution in [2.45, 2.75) is 50.4 Å². The van der Waals surface area contributed by atoms with Gasteiger partial charge in [-0.1, -0.05) is 85.8 Å². The molecule has 0 radical (unpaired) electrons. The van der Waals surface area contributed by atoms with E-state index in [2.05, 4.69) is 12.2 Å². The van der Waals surface area contributed by atoms with Crippen LogP contribution in [0.4, 0.5) is 5.69 Å². The van der Waals surface area contributed by atoms with E-state index in [-0.39, 0.29) is 49.0 Å². The largest absolute Gasteiger partial charge is 0.392 e. The first-order valence-electron chi connectivity index (χ1n) is 16.9. The number of carbonyl (C=O) groups excluding carboxylic acids is 3. The van der Waals surface area contributed by atoms with Crippen LogP contribution >= 0.6 is 11.8 Å². The molecule has 2 aliphatic heterocycles. The van der Waals surface area contributed by atoms with Crippen LogP contribution in [0.2, 0.25) is 0 Å². The molecule has 5 aromatic carbocycles. The number of aliphatic hydroxyl groups is 1. The van der Waals surface area contributed by atoms with Crippen LogP contribution in [0.3, 0.4) is 0 Å². The van der Waals surface area contributed by atoms with Gasteiger partial charge in [0, 0.05) is 34.7 Å². The summed E-state index contributed by atoms with van der Waals surface area (Å²) < 4.78 is 13.3. The summed E-state index contributed by atoms with van der Waals surface area (Å²) in [6.07, 6.45) is -0.974. The molecule has 51 heavy (non-hydrogen) atoms. The lowest BCUT2D eigenvalue weighted by atomic mass is 9.91.